The zero-order chi connectivity index (χ0) is 21.3. The first-order valence-corrected chi connectivity index (χ1v) is 9.97. The second-order valence-electron chi connectivity index (χ2n) is 7.59. The van der Waals surface area contributed by atoms with Crippen molar-refractivity contribution >= 4 is 5.91 Å². The Balaban J connectivity index is 1.38. The molecule has 10 heteroatoms. The van der Waals surface area contributed by atoms with E-state index in [9.17, 15) is 14.0 Å². The highest BCUT2D eigenvalue weighted by Crippen LogP contribution is 2.13. The van der Waals surface area contributed by atoms with Crippen molar-refractivity contribution in [1.29, 1.82) is 0 Å². The second-order valence-corrected chi connectivity index (χ2v) is 7.59. The molecule has 0 saturated carbocycles. The van der Waals surface area contributed by atoms with Crippen LogP contribution in [0.25, 0.3) is 0 Å². The van der Waals surface area contributed by atoms with Gasteiger partial charge in [-0.25, -0.2) is 23.5 Å². The van der Waals surface area contributed by atoms with Crippen molar-refractivity contribution in [3.05, 3.63) is 63.6 Å². The molecule has 1 unspecified atom stereocenters. The molecule has 0 bridgehead atoms. The molecule has 0 fully saturated rings. The quantitative estimate of drug-likeness (QED) is 0.672. The molecule has 1 aliphatic rings. The Morgan fingerprint density at radius 2 is 1.93 bits per heavy atom. The normalized spacial score (nSPS) is 16.2. The number of carbonyl (C=O) groups is 1. The third kappa shape index (κ3) is 4.32. The summed E-state index contributed by atoms with van der Waals surface area (Å²) >= 11 is 0. The summed E-state index contributed by atoms with van der Waals surface area (Å²) in [6.07, 6.45) is 1.95. The van der Waals surface area contributed by atoms with E-state index in [0.29, 0.717) is 49.8 Å². The summed E-state index contributed by atoms with van der Waals surface area (Å²) in [5.74, 6) is 1.61. The van der Waals surface area contributed by atoms with Crippen LogP contribution in [0.4, 0.5) is 4.39 Å². The minimum Gasteiger partial charge on any atom is -0.352 e. The van der Waals surface area contributed by atoms with Crippen LogP contribution in [0.2, 0.25) is 0 Å². The van der Waals surface area contributed by atoms with Gasteiger partial charge in [-0.2, -0.15) is 10.2 Å². The Morgan fingerprint density at radius 1 is 1.17 bits per heavy atom. The minimum atomic E-state index is -0.311. The van der Waals surface area contributed by atoms with Crippen LogP contribution in [0.1, 0.15) is 35.9 Å². The van der Waals surface area contributed by atoms with E-state index in [2.05, 4.69) is 20.5 Å². The summed E-state index contributed by atoms with van der Waals surface area (Å²) in [5.41, 5.74) is 0.630. The summed E-state index contributed by atoms with van der Waals surface area (Å²) in [5, 5.41) is 11.7. The van der Waals surface area contributed by atoms with Gasteiger partial charge in [-0.05, 0) is 44.4 Å². The number of aryl methyl sites for hydroxylation is 3. The number of halogens is 1. The number of amides is 1. The van der Waals surface area contributed by atoms with Gasteiger partial charge in [0.2, 0.25) is 5.91 Å². The van der Waals surface area contributed by atoms with Crippen molar-refractivity contribution in [3.63, 3.8) is 0 Å². The predicted octanol–water partition coefficient (Wildman–Crippen LogP) is 0.962. The van der Waals surface area contributed by atoms with E-state index in [4.69, 9.17) is 0 Å². The molecule has 1 atom stereocenters. The monoisotopic (exact) mass is 413 g/mol. The molecule has 4 rings (SSSR count). The number of fused-ring (bicyclic) bond motifs is 1. The van der Waals surface area contributed by atoms with Gasteiger partial charge >= 0.3 is 5.69 Å². The molecule has 2 aromatic heterocycles. The van der Waals surface area contributed by atoms with Crippen molar-refractivity contribution in [2.45, 2.75) is 58.8 Å². The van der Waals surface area contributed by atoms with Crippen molar-refractivity contribution < 1.29 is 9.18 Å². The summed E-state index contributed by atoms with van der Waals surface area (Å²) in [6.45, 7) is 4.52. The Labute approximate surface area is 172 Å². The van der Waals surface area contributed by atoms with E-state index in [-0.39, 0.29) is 30.0 Å². The van der Waals surface area contributed by atoms with Gasteiger partial charge in [0.25, 0.3) is 0 Å². The topological polar surface area (TPSA) is 99.6 Å². The maximum absolute atomic E-state index is 13.1. The lowest BCUT2D eigenvalue weighted by Gasteiger charge is -2.16. The third-order valence-corrected chi connectivity index (χ3v) is 5.28. The zero-order valence-electron chi connectivity index (χ0n) is 17.0. The smallest absolute Gasteiger partial charge is 0.346 e. The van der Waals surface area contributed by atoms with E-state index in [0.717, 1.165) is 5.56 Å². The first-order chi connectivity index (χ1) is 14.4. The summed E-state index contributed by atoms with van der Waals surface area (Å²) in [7, 11) is 0. The van der Waals surface area contributed by atoms with Crippen LogP contribution in [-0.4, -0.2) is 41.1 Å². The molecule has 0 aliphatic carbocycles. The molecule has 3 aromatic rings. The van der Waals surface area contributed by atoms with Crippen LogP contribution >= 0.6 is 0 Å². The first kappa shape index (κ1) is 20.0. The Morgan fingerprint density at radius 3 is 2.63 bits per heavy atom. The maximum Gasteiger partial charge on any atom is 0.346 e. The molecule has 1 amide bonds. The molecule has 30 heavy (non-hydrogen) atoms. The molecule has 9 nitrogen and oxygen atoms in total. The average molecular weight is 413 g/mol. The Kier molecular flexibility index (Phi) is 5.47. The van der Waals surface area contributed by atoms with Gasteiger partial charge in [-0.3, -0.25) is 9.36 Å². The summed E-state index contributed by atoms with van der Waals surface area (Å²) < 4.78 is 17.7. The first-order valence-electron chi connectivity index (χ1n) is 9.97. The fourth-order valence-corrected chi connectivity index (χ4v) is 3.76. The van der Waals surface area contributed by atoms with Crippen molar-refractivity contribution in [1.82, 2.24) is 34.4 Å². The highest BCUT2D eigenvalue weighted by atomic mass is 19.1. The molecule has 1 N–H and O–H groups in total. The summed E-state index contributed by atoms with van der Waals surface area (Å²) in [4.78, 5) is 29.3. The number of aromatic nitrogens is 6. The predicted molar refractivity (Wildman–Crippen MR) is 106 cm³/mol. The van der Waals surface area contributed by atoms with Crippen LogP contribution in [0.3, 0.4) is 0 Å². The average Bonchev–Trinajstić information content (AvgIpc) is 3.08. The molecule has 0 radical (unpaired) electrons. The van der Waals surface area contributed by atoms with Crippen molar-refractivity contribution in [2.24, 2.45) is 0 Å². The number of rotatable bonds is 5. The van der Waals surface area contributed by atoms with E-state index >= 15 is 0 Å². The number of hydrogen-bond acceptors (Lipinski definition) is 5. The lowest BCUT2D eigenvalue weighted by Crippen LogP contribution is -2.38. The highest BCUT2D eigenvalue weighted by Gasteiger charge is 2.22. The Bertz CT molecular complexity index is 1110. The van der Waals surface area contributed by atoms with E-state index in [1.54, 1.807) is 28.3 Å². The van der Waals surface area contributed by atoms with Crippen LogP contribution < -0.4 is 11.0 Å². The van der Waals surface area contributed by atoms with Crippen LogP contribution in [0.15, 0.2) is 29.1 Å². The molecular weight excluding hydrogens is 389 g/mol. The minimum absolute atomic E-state index is 0.0333. The van der Waals surface area contributed by atoms with Crippen LogP contribution in [0, 0.1) is 19.7 Å². The molecule has 0 spiro atoms. The SMILES string of the molecule is Cc1nc(C)n(CC(=O)NC2CCc3nn(Cc4ccc(F)cc4)c(=O)n3CC2)n1. The third-order valence-electron chi connectivity index (χ3n) is 5.28. The number of carbonyl (C=O) groups excluding carboxylic acids is 1. The molecule has 1 aromatic carbocycles. The van der Waals surface area contributed by atoms with Gasteiger partial charge in [0.05, 0.1) is 6.54 Å². The molecule has 158 valence electrons. The summed E-state index contributed by atoms with van der Waals surface area (Å²) in [6, 6.07) is 6.01. The van der Waals surface area contributed by atoms with Gasteiger partial charge in [0.1, 0.15) is 29.8 Å². The lowest BCUT2D eigenvalue weighted by atomic mass is 10.1. The van der Waals surface area contributed by atoms with Gasteiger partial charge in [-0.15, -0.1) is 0 Å². The maximum atomic E-state index is 13.1. The van der Waals surface area contributed by atoms with Crippen molar-refractivity contribution in [3.8, 4) is 0 Å². The van der Waals surface area contributed by atoms with Gasteiger partial charge in [0, 0.05) is 19.0 Å². The fraction of sp³-hybridized carbons (Fsp3) is 0.450. The zero-order valence-corrected chi connectivity index (χ0v) is 17.0. The van der Waals surface area contributed by atoms with E-state index in [1.807, 2.05) is 6.92 Å². The van der Waals surface area contributed by atoms with Crippen LogP contribution in [0.5, 0.6) is 0 Å². The van der Waals surface area contributed by atoms with Crippen molar-refractivity contribution in [2.75, 3.05) is 0 Å². The van der Waals surface area contributed by atoms with E-state index < -0.39 is 0 Å². The number of hydrogen-bond donors (Lipinski definition) is 1. The van der Waals surface area contributed by atoms with Crippen LogP contribution in [-0.2, 0) is 30.8 Å². The fourth-order valence-electron chi connectivity index (χ4n) is 3.76. The lowest BCUT2D eigenvalue weighted by molar-refractivity contribution is -0.122. The molecule has 3 heterocycles. The van der Waals surface area contributed by atoms with Gasteiger partial charge in [0.15, 0.2) is 0 Å². The van der Waals surface area contributed by atoms with E-state index in [1.165, 1.54) is 16.8 Å². The molecule has 0 saturated heterocycles. The van der Waals surface area contributed by atoms with Gasteiger partial charge < -0.3 is 5.32 Å². The molecule has 1 aliphatic heterocycles. The largest absolute Gasteiger partial charge is 0.352 e. The number of benzene rings is 1. The highest BCUT2D eigenvalue weighted by molar-refractivity contribution is 5.76. The number of nitrogens with one attached hydrogen (secondary N) is 1. The standard InChI is InChI=1S/C20H24FN7O2/c1-13-22-14(2)27(24-13)12-19(29)23-17-7-8-18-25-28(20(30)26(18)10-9-17)11-15-3-5-16(21)6-4-15/h3-6,17H,7-12H2,1-2H3,(H,23,29). The Hall–Kier alpha value is -3.30. The number of nitrogens with zero attached hydrogens (tertiary/aromatic N) is 6. The van der Waals surface area contributed by atoms with Gasteiger partial charge in [-0.1, -0.05) is 12.1 Å². The second kappa shape index (κ2) is 8.21. The molecular formula is C20H24FN7O2.